The molecule has 0 bridgehead atoms. The highest BCUT2D eigenvalue weighted by Crippen LogP contribution is 2.20. The molecule has 2 atom stereocenters. The molecule has 0 aliphatic rings. The third kappa shape index (κ3) is 6.38. The van der Waals surface area contributed by atoms with Crippen LogP contribution in [0, 0.1) is 5.92 Å². The topological polar surface area (TPSA) is 38.3 Å². The second-order valence-corrected chi connectivity index (χ2v) is 6.42. The van der Waals surface area contributed by atoms with Gasteiger partial charge in [-0.3, -0.25) is 4.79 Å². The number of hydrogen-bond acceptors (Lipinski definition) is 4. The molecule has 0 radical (unpaired) electrons. The second kappa shape index (κ2) is 7.17. The minimum Gasteiger partial charge on any atom is -0.469 e. The van der Waals surface area contributed by atoms with E-state index in [4.69, 9.17) is 4.74 Å². The third-order valence-corrected chi connectivity index (χ3v) is 3.99. The van der Waals surface area contributed by atoms with E-state index in [2.05, 4.69) is 32.3 Å². The largest absolute Gasteiger partial charge is 0.469 e. The fraction of sp³-hybridized carbons (Fsp3) is 0.917. The van der Waals surface area contributed by atoms with Gasteiger partial charge in [-0.25, -0.2) is 0 Å². The zero-order chi connectivity index (χ0) is 12.8. The highest BCUT2D eigenvalue weighted by molar-refractivity contribution is 7.99. The van der Waals surface area contributed by atoms with E-state index in [1.54, 1.807) is 0 Å². The van der Waals surface area contributed by atoms with Gasteiger partial charge in [-0.2, -0.15) is 11.8 Å². The lowest BCUT2D eigenvalue weighted by atomic mass is 10.0. The number of carbonyl (C=O) groups is 1. The molecular formula is C12H25NO2S. The molecule has 0 amide bonds. The summed E-state index contributed by atoms with van der Waals surface area (Å²) >= 11 is 1.84. The van der Waals surface area contributed by atoms with Crippen LogP contribution in [-0.4, -0.2) is 36.7 Å². The van der Waals surface area contributed by atoms with Crippen LogP contribution in [0.3, 0.4) is 0 Å². The number of ether oxygens (including phenoxy) is 1. The van der Waals surface area contributed by atoms with E-state index in [9.17, 15) is 4.79 Å². The summed E-state index contributed by atoms with van der Waals surface area (Å²) in [7, 11) is 1.44. The molecule has 4 heteroatoms. The molecule has 0 saturated carbocycles. The van der Waals surface area contributed by atoms with Crippen molar-refractivity contribution in [2.45, 2.75) is 44.9 Å². The maximum absolute atomic E-state index is 11.3. The Labute approximate surface area is 104 Å². The van der Waals surface area contributed by atoms with Crippen LogP contribution in [0.5, 0.6) is 0 Å². The van der Waals surface area contributed by atoms with Crippen LogP contribution in [0.25, 0.3) is 0 Å². The van der Waals surface area contributed by atoms with Crippen LogP contribution >= 0.6 is 11.8 Å². The summed E-state index contributed by atoms with van der Waals surface area (Å²) in [5.41, 5.74) is 0. The quantitative estimate of drug-likeness (QED) is 0.701. The van der Waals surface area contributed by atoms with Gasteiger partial charge in [-0.1, -0.05) is 6.92 Å². The van der Waals surface area contributed by atoms with Crippen molar-refractivity contribution in [3.05, 3.63) is 0 Å². The molecule has 0 aliphatic carbocycles. The molecular weight excluding hydrogens is 222 g/mol. The lowest BCUT2D eigenvalue weighted by molar-refractivity contribution is -0.145. The monoisotopic (exact) mass is 247 g/mol. The van der Waals surface area contributed by atoms with Gasteiger partial charge in [0.05, 0.1) is 13.0 Å². The number of carbonyl (C=O) groups excluding carboxylic acids is 1. The molecule has 2 unspecified atom stereocenters. The summed E-state index contributed by atoms with van der Waals surface area (Å²) in [5.74, 6) is -0.164. The van der Waals surface area contributed by atoms with Crippen molar-refractivity contribution < 1.29 is 9.53 Å². The molecule has 16 heavy (non-hydrogen) atoms. The number of nitrogens with one attached hydrogen (secondary N) is 1. The Hall–Kier alpha value is -0.220. The van der Waals surface area contributed by atoms with Gasteiger partial charge in [0.2, 0.25) is 0 Å². The van der Waals surface area contributed by atoms with Gasteiger partial charge < -0.3 is 10.1 Å². The highest BCUT2D eigenvalue weighted by Gasteiger charge is 2.20. The van der Waals surface area contributed by atoms with Crippen molar-refractivity contribution in [1.29, 1.82) is 0 Å². The van der Waals surface area contributed by atoms with Crippen LogP contribution in [0.2, 0.25) is 0 Å². The minimum atomic E-state index is -0.127. The van der Waals surface area contributed by atoms with E-state index in [1.165, 1.54) is 7.11 Å². The summed E-state index contributed by atoms with van der Waals surface area (Å²) in [6.45, 7) is 9.38. The van der Waals surface area contributed by atoms with Crippen LogP contribution in [0.15, 0.2) is 0 Å². The number of esters is 1. The minimum absolute atomic E-state index is 0.0371. The van der Waals surface area contributed by atoms with Crippen LogP contribution in [0.4, 0.5) is 0 Å². The van der Waals surface area contributed by atoms with Crippen LogP contribution < -0.4 is 5.32 Å². The molecule has 0 rings (SSSR count). The third-order valence-electron chi connectivity index (χ3n) is 2.74. The van der Waals surface area contributed by atoms with Gasteiger partial charge in [-0.15, -0.1) is 0 Å². The Morgan fingerprint density at radius 3 is 2.44 bits per heavy atom. The molecule has 96 valence electrons. The van der Waals surface area contributed by atoms with Gasteiger partial charge in [0.25, 0.3) is 0 Å². The van der Waals surface area contributed by atoms with Gasteiger partial charge in [0.1, 0.15) is 0 Å². The predicted molar refractivity (Wildman–Crippen MR) is 70.9 cm³/mol. The zero-order valence-electron chi connectivity index (χ0n) is 11.3. The molecule has 0 aromatic carbocycles. The molecule has 3 nitrogen and oxygen atoms in total. The molecule has 0 aromatic rings. The van der Waals surface area contributed by atoms with E-state index in [0.717, 1.165) is 13.0 Å². The first kappa shape index (κ1) is 15.8. The van der Waals surface area contributed by atoms with E-state index in [0.29, 0.717) is 6.04 Å². The Morgan fingerprint density at radius 2 is 2.00 bits per heavy atom. The van der Waals surface area contributed by atoms with Gasteiger partial charge in [-0.05, 0) is 33.4 Å². The number of thioether (sulfide) groups is 1. The van der Waals surface area contributed by atoms with Crippen molar-refractivity contribution in [3.8, 4) is 0 Å². The van der Waals surface area contributed by atoms with E-state index in [1.807, 2.05) is 18.7 Å². The van der Waals surface area contributed by atoms with E-state index < -0.39 is 0 Å². The second-order valence-electron chi connectivity index (χ2n) is 4.91. The van der Waals surface area contributed by atoms with Crippen molar-refractivity contribution in [2.75, 3.05) is 19.9 Å². The smallest absolute Gasteiger partial charge is 0.308 e. The Kier molecular flexibility index (Phi) is 7.07. The standard InChI is InChI=1S/C12H25NO2S/c1-9(11(14)15-5)7-10(2)13-8-12(3,4)16-6/h9-10,13H,7-8H2,1-6H3. The predicted octanol–water partition coefficient (Wildman–Crippen LogP) is 2.31. The summed E-state index contributed by atoms with van der Waals surface area (Å²) in [6, 6.07) is 0.334. The van der Waals surface area contributed by atoms with Crippen molar-refractivity contribution in [2.24, 2.45) is 5.92 Å². The number of methoxy groups -OCH3 is 1. The molecule has 0 aliphatic heterocycles. The van der Waals surface area contributed by atoms with E-state index >= 15 is 0 Å². The van der Waals surface area contributed by atoms with Gasteiger partial charge in [0, 0.05) is 17.3 Å². The molecule has 0 aromatic heterocycles. The molecule has 0 heterocycles. The van der Waals surface area contributed by atoms with Crippen LogP contribution in [-0.2, 0) is 9.53 Å². The lowest BCUT2D eigenvalue weighted by Crippen LogP contribution is -2.38. The maximum atomic E-state index is 11.3. The summed E-state index contributed by atoms with van der Waals surface area (Å²) < 4.78 is 4.95. The summed E-state index contributed by atoms with van der Waals surface area (Å²) in [6.07, 6.45) is 2.93. The Morgan fingerprint density at radius 1 is 1.44 bits per heavy atom. The molecule has 1 N–H and O–H groups in total. The summed E-state index contributed by atoms with van der Waals surface area (Å²) in [5, 5.41) is 3.46. The van der Waals surface area contributed by atoms with Gasteiger partial charge in [0.15, 0.2) is 0 Å². The highest BCUT2D eigenvalue weighted by atomic mass is 32.2. The number of hydrogen-bond donors (Lipinski definition) is 1. The first-order valence-corrected chi connectivity index (χ1v) is 6.91. The average molecular weight is 247 g/mol. The Bertz CT molecular complexity index is 219. The Balaban J connectivity index is 3.91. The lowest BCUT2D eigenvalue weighted by Gasteiger charge is -2.26. The summed E-state index contributed by atoms with van der Waals surface area (Å²) in [4.78, 5) is 11.3. The fourth-order valence-corrected chi connectivity index (χ4v) is 1.63. The van der Waals surface area contributed by atoms with Crippen molar-refractivity contribution in [1.82, 2.24) is 5.32 Å². The molecule has 0 fully saturated rings. The first-order valence-electron chi connectivity index (χ1n) is 5.68. The zero-order valence-corrected chi connectivity index (χ0v) is 12.1. The normalized spacial score (nSPS) is 15.6. The van der Waals surface area contributed by atoms with Crippen molar-refractivity contribution in [3.63, 3.8) is 0 Å². The van der Waals surface area contributed by atoms with Crippen LogP contribution in [0.1, 0.15) is 34.1 Å². The fourth-order valence-electron chi connectivity index (χ4n) is 1.40. The first-order chi connectivity index (χ1) is 7.32. The molecule has 0 saturated heterocycles. The SMILES string of the molecule is COC(=O)C(C)CC(C)NCC(C)(C)SC. The number of rotatable bonds is 7. The van der Waals surface area contributed by atoms with Crippen molar-refractivity contribution >= 4 is 17.7 Å². The average Bonchev–Trinajstić information content (AvgIpc) is 2.25. The van der Waals surface area contributed by atoms with E-state index in [-0.39, 0.29) is 16.6 Å². The molecule has 0 spiro atoms. The van der Waals surface area contributed by atoms with Gasteiger partial charge >= 0.3 is 5.97 Å². The maximum Gasteiger partial charge on any atom is 0.308 e.